The van der Waals surface area contributed by atoms with Crippen LogP contribution in [0.1, 0.15) is 26.7 Å². The summed E-state index contributed by atoms with van der Waals surface area (Å²) < 4.78 is 0. The van der Waals surface area contributed by atoms with E-state index in [9.17, 15) is 0 Å². The molecule has 13 heavy (non-hydrogen) atoms. The molecule has 0 aliphatic carbocycles. The second-order valence-electron chi connectivity index (χ2n) is 4.30. The van der Waals surface area contributed by atoms with Crippen molar-refractivity contribution in [3.8, 4) is 0 Å². The number of allylic oxidation sites excluding steroid dienone is 1. The zero-order chi connectivity index (χ0) is 9.68. The van der Waals surface area contributed by atoms with Gasteiger partial charge in [0.15, 0.2) is 0 Å². The van der Waals surface area contributed by atoms with E-state index in [2.05, 4.69) is 37.2 Å². The lowest BCUT2D eigenvalue weighted by atomic mass is 10.2. The summed E-state index contributed by atoms with van der Waals surface area (Å²) in [6.07, 6.45) is 4.98. The maximum Gasteiger partial charge on any atom is 0.0195 e. The number of hydrogen-bond acceptors (Lipinski definition) is 2. The van der Waals surface area contributed by atoms with Crippen molar-refractivity contribution in [2.24, 2.45) is 0 Å². The van der Waals surface area contributed by atoms with Crippen molar-refractivity contribution < 1.29 is 0 Å². The van der Waals surface area contributed by atoms with E-state index in [1.807, 2.05) is 0 Å². The van der Waals surface area contributed by atoms with E-state index in [-0.39, 0.29) is 0 Å². The second kappa shape index (κ2) is 5.40. The quantitative estimate of drug-likeness (QED) is 0.665. The highest BCUT2D eigenvalue weighted by atomic mass is 15.1. The first-order valence-electron chi connectivity index (χ1n) is 5.24. The van der Waals surface area contributed by atoms with Crippen molar-refractivity contribution in [3.05, 3.63) is 11.6 Å². The van der Waals surface area contributed by atoms with Gasteiger partial charge < -0.3 is 10.2 Å². The minimum Gasteiger partial charge on any atom is -0.313 e. The lowest BCUT2D eigenvalue weighted by Gasteiger charge is -2.19. The van der Waals surface area contributed by atoms with Gasteiger partial charge >= 0.3 is 0 Å². The lowest BCUT2D eigenvalue weighted by Crippen LogP contribution is -2.35. The van der Waals surface area contributed by atoms with E-state index < -0.39 is 0 Å². The standard InChI is InChI=1S/C11H22N2/c1-10(2)6-8-13(3)9-11-5-4-7-12-11/h6,11-12H,4-5,7-9H2,1-3H3. The molecule has 0 spiro atoms. The molecule has 1 saturated heterocycles. The summed E-state index contributed by atoms with van der Waals surface area (Å²) in [5.74, 6) is 0. The summed E-state index contributed by atoms with van der Waals surface area (Å²) in [6.45, 7) is 7.79. The third kappa shape index (κ3) is 4.44. The van der Waals surface area contributed by atoms with Crippen LogP contribution in [0.25, 0.3) is 0 Å². The molecule has 1 aliphatic rings. The van der Waals surface area contributed by atoms with E-state index in [4.69, 9.17) is 0 Å². The lowest BCUT2D eigenvalue weighted by molar-refractivity contribution is 0.328. The van der Waals surface area contributed by atoms with Gasteiger partial charge in [0.2, 0.25) is 0 Å². The summed E-state index contributed by atoms with van der Waals surface area (Å²) >= 11 is 0. The summed E-state index contributed by atoms with van der Waals surface area (Å²) in [5, 5.41) is 3.51. The first kappa shape index (κ1) is 10.7. The molecule has 0 saturated carbocycles. The first-order valence-corrected chi connectivity index (χ1v) is 5.24. The Morgan fingerprint density at radius 3 is 2.85 bits per heavy atom. The van der Waals surface area contributed by atoms with Crippen LogP contribution in [0, 0.1) is 0 Å². The minimum atomic E-state index is 0.732. The van der Waals surface area contributed by atoms with Crippen LogP contribution < -0.4 is 5.32 Å². The molecule has 1 unspecified atom stereocenters. The van der Waals surface area contributed by atoms with Crippen LogP contribution in [0.4, 0.5) is 0 Å². The number of nitrogens with zero attached hydrogens (tertiary/aromatic N) is 1. The maximum absolute atomic E-state index is 3.51. The molecule has 76 valence electrons. The van der Waals surface area contributed by atoms with Crippen LogP contribution in [-0.2, 0) is 0 Å². The maximum atomic E-state index is 3.51. The zero-order valence-electron chi connectivity index (χ0n) is 9.14. The molecule has 0 aromatic heterocycles. The normalized spacial score (nSPS) is 22.3. The van der Waals surface area contributed by atoms with E-state index in [1.54, 1.807) is 0 Å². The van der Waals surface area contributed by atoms with Gasteiger partial charge in [-0.05, 0) is 40.3 Å². The van der Waals surface area contributed by atoms with Gasteiger partial charge in [-0.25, -0.2) is 0 Å². The summed E-state index contributed by atoms with van der Waals surface area (Å²) in [6, 6.07) is 0.732. The van der Waals surface area contributed by atoms with Crippen molar-refractivity contribution >= 4 is 0 Å². The van der Waals surface area contributed by atoms with Gasteiger partial charge in [-0.1, -0.05) is 11.6 Å². The molecule has 0 amide bonds. The van der Waals surface area contributed by atoms with Crippen LogP contribution in [0.2, 0.25) is 0 Å². The van der Waals surface area contributed by atoms with Gasteiger partial charge in [-0.15, -0.1) is 0 Å². The van der Waals surface area contributed by atoms with Gasteiger partial charge in [0.25, 0.3) is 0 Å². The largest absolute Gasteiger partial charge is 0.313 e. The zero-order valence-corrected chi connectivity index (χ0v) is 9.14. The van der Waals surface area contributed by atoms with Crippen molar-refractivity contribution in [2.75, 3.05) is 26.7 Å². The van der Waals surface area contributed by atoms with Crippen LogP contribution in [0.15, 0.2) is 11.6 Å². The molecular weight excluding hydrogens is 160 g/mol. The average Bonchev–Trinajstić information content (AvgIpc) is 2.53. The molecule has 0 radical (unpaired) electrons. The second-order valence-corrected chi connectivity index (χ2v) is 4.30. The van der Waals surface area contributed by atoms with Crippen LogP contribution in [0.5, 0.6) is 0 Å². The van der Waals surface area contributed by atoms with Gasteiger partial charge in [-0.3, -0.25) is 0 Å². The van der Waals surface area contributed by atoms with Gasteiger partial charge in [0.05, 0.1) is 0 Å². The smallest absolute Gasteiger partial charge is 0.0195 e. The fourth-order valence-corrected chi connectivity index (χ4v) is 1.70. The Kier molecular flexibility index (Phi) is 4.46. The number of hydrogen-bond donors (Lipinski definition) is 1. The van der Waals surface area contributed by atoms with Crippen molar-refractivity contribution in [1.29, 1.82) is 0 Å². The highest BCUT2D eigenvalue weighted by Crippen LogP contribution is 2.05. The highest BCUT2D eigenvalue weighted by Gasteiger charge is 2.14. The van der Waals surface area contributed by atoms with E-state index in [0.717, 1.165) is 12.6 Å². The third-order valence-electron chi connectivity index (χ3n) is 2.51. The Morgan fingerprint density at radius 2 is 2.31 bits per heavy atom. The Hall–Kier alpha value is -0.340. The van der Waals surface area contributed by atoms with Crippen LogP contribution >= 0.6 is 0 Å². The van der Waals surface area contributed by atoms with Gasteiger partial charge in [0.1, 0.15) is 0 Å². The molecule has 0 aromatic rings. The third-order valence-corrected chi connectivity index (χ3v) is 2.51. The fourth-order valence-electron chi connectivity index (χ4n) is 1.70. The molecular formula is C11H22N2. The summed E-state index contributed by atoms with van der Waals surface area (Å²) in [4.78, 5) is 2.38. The molecule has 1 heterocycles. The average molecular weight is 182 g/mol. The molecule has 0 bridgehead atoms. The van der Waals surface area contributed by atoms with Crippen LogP contribution in [-0.4, -0.2) is 37.6 Å². The van der Waals surface area contributed by atoms with E-state index in [1.165, 1.54) is 31.5 Å². The SMILES string of the molecule is CC(C)=CCN(C)CC1CCCN1. The molecule has 1 N–H and O–H groups in total. The van der Waals surface area contributed by atoms with Crippen LogP contribution in [0.3, 0.4) is 0 Å². The van der Waals surface area contributed by atoms with E-state index >= 15 is 0 Å². The first-order chi connectivity index (χ1) is 6.18. The number of nitrogens with one attached hydrogen (secondary N) is 1. The predicted octanol–water partition coefficient (Wildman–Crippen LogP) is 1.64. The fraction of sp³-hybridized carbons (Fsp3) is 0.818. The Bertz CT molecular complexity index is 165. The molecule has 1 rings (SSSR count). The predicted molar refractivity (Wildman–Crippen MR) is 58.0 cm³/mol. The van der Waals surface area contributed by atoms with Crippen molar-refractivity contribution in [2.45, 2.75) is 32.7 Å². The van der Waals surface area contributed by atoms with Crippen molar-refractivity contribution in [1.82, 2.24) is 10.2 Å². The molecule has 1 aliphatic heterocycles. The summed E-state index contributed by atoms with van der Waals surface area (Å²) in [7, 11) is 2.19. The minimum absolute atomic E-state index is 0.732. The van der Waals surface area contributed by atoms with Crippen molar-refractivity contribution in [3.63, 3.8) is 0 Å². The summed E-state index contributed by atoms with van der Waals surface area (Å²) in [5.41, 5.74) is 1.41. The topological polar surface area (TPSA) is 15.3 Å². The Balaban J connectivity index is 2.16. The highest BCUT2D eigenvalue weighted by molar-refractivity contribution is 4.95. The molecule has 1 fully saturated rings. The Labute approximate surface area is 82.0 Å². The number of rotatable bonds is 4. The Morgan fingerprint density at radius 1 is 1.54 bits per heavy atom. The number of likely N-dealkylation sites (N-methyl/N-ethyl adjacent to an activating group) is 1. The monoisotopic (exact) mass is 182 g/mol. The molecule has 2 heteroatoms. The molecule has 0 aromatic carbocycles. The molecule has 1 atom stereocenters. The van der Waals surface area contributed by atoms with E-state index in [0.29, 0.717) is 0 Å². The van der Waals surface area contributed by atoms with Gasteiger partial charge in [-0.2, -0.15) is 0 Å². The van der Waals surface area contributed by atoms with Gasteiger partial charge in [0, 0.05) is 19.1 Å². The molecule has 2 nitrogen and oxygen atoms in total.